The van der Waals surface area contributed by atoms with E-state index in [2.05, 4.69) is 211 Å². The van der Waals surface area contributed by atoms with Gasteiger partial charge in [-0.25, -0.2) is 15.0 Å². The standard InChI is InChI=1S/C57H38N4O/c1-4-15-37(16-5-1)40-29-31-41(32-30-40)55-58-56(44-23-12-21-42(35-44)38-17-6-2-7-18-38)60-57(59-55)48-26-14-28-51-52(48)47-33-34-50-53(54(47)62-51)46-25-10-11-27-49(46)61(50)45-24-13-22-43(36-45)39-19-8-3-9-20-39/h1-36,47,54H. The molecule has 8 aromatic carbocycles. The third kappa shape index (κ3) is 6.13. The van der Waals surface area contributed by atoms with Crippen LogP contribution in [0.3, 0.4) is 0 Å². The van der Waals surface area contributed by atoms with Crippen molar-refractivity contribution >= 4 is 17.0 Å². The van der Waals surface area contributed by atoms with Crippen LogP contribution >= 0.6 is 0 Å². The summed E-state index contributed by atoms with van der Waals surface area (Å²) in [4.78, 5) is 15.7. The molecular weight excluding hydrogens is 757 g/mol. The van der Waals surface area contributed by atoms with E-state index in [-0.39, 0.29) is 12.0 Å². The van der Waals surface area contributed by atoms with Crippen LogP contribution in [-0.2, 0) is 0 Å². The SMILES string of the molecule is C1=CC2c3c(cccc3-c3nc(-c4ccc(-c5ccccc5)cc4)nc(-c4cccc(-c5ccccc5)c4)n3)OC2c2c1n(-c1cccc(-c3ccccc3)c1)c1ccccc21. The van der Waals surface area contributed by atoms with Crippen molar-refractivity contribution in [3.63, 3.8) is 0 Å². The first-order valence-electron chi connectivity index (χ1n) is 21.1. The Morgan fingerprint density at radius 3 is 1.66 bits per heavy atom. The van der Waals surface area contributed by atoms with Crippen LogP contribution in [-0.4, -0.2) is 19.5 Å². The van der Waals surface area contributed by atoms with Gasteiger partial charge in [-0.15, -0.1) is 0 Å². The van der Waals surface area contributed by atoms with Crippen LogP contribution in [0, 0.1) is 0 Å². The van der Waals surface area contributed by atoms with Crippen molar-refractivity contribution < 1.29 is 4.74 Å². The van der Waals surface area contributed by atoms with E-state index in [4.69, 9.17) is 19.7 Å². The van der Waals surface area contributed by atoms with Gasteiger partial charge in [0, 0.05) is 44.8 Å². The van der Waals surface area contributed by atoms with Crippen LogP contribution in [0.5, 0.6) is 5.75 Å². The Bertz CT molecular complexity index is 3320. The number of para-hydroxylation sites is 1. The summed E-state index contributed by atoms with van der Waals surface area (Å²) in [5, 5.41) is 1.18. The Kier molecular flexibility index (Phi) is 8.56. The van der Waals surface area contributed by atoms with E-state index in [1.807, 2.05) is 12.1 Å². The molecule has 0 saturated heterocycles. The van der Waals surface area contributed by atoms with Gasteiger partial charge < -0.3 is 9.30 Å². The fourth-order valence-corrected chi connectivity index (χ4v) is 9.32. The molecule has 3 heterocycles. The lowest BCUT2D eigenvalue weighted by Gasteiger charge is -2.23. The number of hydrogen-bond donors (Lipinski definition) is 0. The molecule has 2 aromatic heterocycles. The molecule has 0 radical (unpaired) electrons. The monoisotopic (exact) mass is 794 g/mol. The predicted molar refractivity (Wildman–Crippen MR) is 251 cm³/mol. The normalized spacial score (nSPS) is 14.8. The highest BCUT2D eigenvalue weighted by Crippen LogP contribution is 2.55. The van der Waals surface area contributed by atoms with Gasteiger partial charge in [0.05, 0.1) is 11.2 Å². The lowest BCUT2D eigenvalue weighted by Crippen LogP contribution is -2.14. The molecule has 0 saturated carbocycles. The van der Waals surface area contributed by atoms with Crippen molar-refractivity contribution in [3.8, 4) is 79.0 Å². The van der Waals surface area contributed by atoms with E-state index in [1.165, 1.54) is 22.1 Å². The molecule has 2 aliphatic rings. The van der Waals surface area contributed by atoms with Gasteiger partial charge in [0.25, 0.3) is 0 Å². The molecule has 2 atom stereocenters. The molecule has 10 aromatic rings. The Labute approximate surface area is 360 Å². The zero-order valence-corrected chi connectivity index (χ0v) is 33.6. The summed E-state index contributed by atoms with van der Waals surface area (Å²) in [7, 11) is 0. The first-order valence-corrected chi connectivity index (χ1v) is 21.1. The van der Waals surface area contributed by atoms with Crippen molar-refractivity contribution in [2.24, 2.45) is 0 Å². The lowest BCUT2D eigenvalue weighted by molar-refractivity contribution is 0.224. The van der Waals surface area contributed by atoms with Gasteiger partial charge in [-0.3, -0.25) is 0 Å². The van der Waals surface area contributed by atoms with Gasteiger partial charge in [-0.05, 0) is 69.8 Å². The molecule has 0 spiro atoms. The van der Waals surface area contributed by atoms with Crippen LogP contribution in [0.25, 0.3) is 90.2 Å². The fraction of sp³-hybridized carbons (Fsp3) is 0.0351. The van der Waals surface area contributed by atoms with Gasteiger partial charge in [0.15, 0.2) is 17.5 Å². The van der Waals surface area contributed by atoms with Crippen LogP contribution in [0.4, 0.5) is 0 Å². The van der Waals surface area contributed by atoms with E-state index in [9.17, 15) is 0 Å². The second kappa shape index (κ2) is 14.8. The summed E-state index contributed by atoms with van der Waals surface area (Å²) in [5.74, 6) is 2.64. The van der Waals surface area contributed by atoms with Crippen molar-refractivity contribution in [3.05, 3.63) is 229 Å². The zero-order valence-electron chi connectivity index (χ0n) is 33.6. The molecule has 0 fully saturated rings. The van der Waals surface area contributed by atoms with Gasteiger partial charge >= 0.3 is 0 Å². The highest BCUT2D eigenvalue weighted by molar-refractivity contribution is 5.92. The third-order valence-electron chi connectivity index (χ3n) is 12.2. The Hall–Kier alpha value is -8.15. The molecule has 0 N–H and O–H groups in total. The molecule has 1 aliphatic carbocycles. The lowest BCUT2D eigenvalue weighted by atomic mass is 9.83. The summed E-state index contributed by atoms with van der Waals surface area (Å²) >= 11 is 0. The molecule has 5 heteroatoms. The first-order chi connectivity index (χ1) is 30.7. The average Bonchev–Trinajstić information content (AvgIpc) is 3.91. The van der Waals surface area contributed by atoms with Gasteiger partial charge in [0.2, 0.25) is 0 Å². The molecular formula is C57H38N4O. The second-order valence-electron chi connectivity index (χ2n) is 15.9. The van der Waals surface area contributed by atoms with E-state index in [1.54, 1.807) is 0 Å². The molecule has 0 bridgehead atoms. The largest absolute Gasteiger partial charge is 0.484 e. The van der Waals surface area contributed by atoms with Crippen molar-refractivity contribution in [2.75, 3.05) is 0 Å². The summed E-state index contributed by atoms with van der Waals surface area (Å²) in [6.07, 6.45) is 4.37. The fourth-order valence-electron chi connectivity index (χ4n) is 9.32. The summed E-state index contributed by atoms with van der Waals surface area (Å²) in [6.45, 7) is 0. The minimum absolute atomic E-state index is 0.0566. The highest BCUT2D eigenvalue weighted by atomic mass is 16.5. The second-order valence-corrected chi connectivity index (χ2v) is 15.9. The number of benzene rings is 8. The molecule has 5 nitrogen and oxygen atoms in total. The predicted octanol–water partition coefficient (Wildman–Crippen LogP) is 14.1. The molecule has 0 amide bonds. The van der Waals surface area contributed by atoms with E-state index >= 15 is 0 Å². The Morgan fingerprint density at radius 2 is 0.935 bits per heavy atom. The number of rotatable bonds is 7. The van der Waals surface area contributed by atoms with Crippen molar-refractivity contribution in [2.45, 2.75) is 12.0 Å². The van der Waals surface area contributed by atoms with Crippen LogP contribution in [0.2, 0.25) is 0 Å². The van der Waals surface area contributed by atoms with Crippen LogP contribution < -0.4 is 4.74 Å². The molecule has 62 heavy (non-hydrogen) atoms. The van der Waals surface area contributed by atoms with E-state index < -0.39 is 0 Å². The van der Waals surface area contributed by atoms with Crippen LogP contribution in [0.15, 0.2) is 212 Å². The molecule has 292 valence electrons. The smallest absolute Gasteiger partial charge is 0.164 e. The minimum atomic E-state index is -0.233. The Morgan fingerprint density at radius 1 is 0.403 bits per heavy atom. The Balaban J connectivity index is 0.985. The quantitative estimate of drug-likeness (QED) is 0.161. The van der Waals surface area contributed by atoms with E-state index in [0.29, 0.717) is 17.5 Å². The minimum Gasteiger partial charge on any atom is -0.484 e. The van der Waals surface area contributed by atoms with Crippen molar-refractivity contribution in [1.29, 1.82) is 0 Å². The summed E-state index contributed by atoms with van der Waals surface area (Å²) < 4.78 is 9.45. The number of hydrogen-bond acceptors (Lipinski definition) is 4. The number of fused-ring (bicyclic) bond motifs is 7. The number of ether oxygens (including phenoxy) is 1. The molecule has 1 aliphatic heterocycles. The molecule has 2 unspecified atom stereocenters. The third-order valence-corrected chi connectivity index (χ3v) is 12.2. The molecule has 12 rings (SSSR count). The number of nitrogens with zero attached hydrogens (tertiary/aromatic N) is 4. The van der Waals surface area contributed by atoms with Crippen molar-refractivity contribution in [1.82, 2.24) is 19.5 Å². The van der Waals surface area contributed by atoms with Gasteiger partial charge in [-0.1, -0.05) is 182 Å². The first kappa shape index (κ1) is 35.8. The van der Waals surface area contributed by atoms with Crippen LogP contribution in [0.1, 0.15) is 28.8 Å². The zero-order chi connectivity index (χ0) is 41.0. The maximum absolute atomic E-state index is 7.06. The highest BCUT2D eigenvalue weighted by Gasteiger charge is 2.42. The van der Waals surface area contributed by atoms with E-state index in [0.717, 1.165) is 67.2 Å². The topological polar surface area (TPSA) is 52.8 Å². The average molecular weight is 795 g/mol. The van der Waals surface area contributed by atoms with Gasteiger partial charge in [0.1, 0.15) is 11.9 Å². The maximum Gasteiger partial charge on any atom is 0.164 e. The maximum atomic E-state index is 7.06. The number of aromatic nitrogens is 4. The summed E-state index contributed by atoms with van der Waals surface area (Å²) in [5.41, 5.74) is 15.4. The van der Waals surface area contributed by atoms with Gasteiger partial charge in [-0.2, -0.15) is 0 Å². The summed E-state index contributed by atoms with van der Waals surface area (Å²) in [6, 6.07) is 72.1.